The second-order valence-electron chi connectivity index (χ2n) is 3.96. The van der Waals surface area contributed by atoms with E-state index in [1.165, 1.54) is 0 Å². The first-order chi connectivity index (χ1) is 7.83. The number of nitrogens with zero attached hydrogens (tertiary/aromatic N) is 4. The molecule has 0 fully saturated rings. The molecule has 3 heterocycles. The minimum absolute atomic E-state index is 0.292. The number of fused-ring (bicyclic) bond motifs is 1. The van der Waals surface area contributed by atoms with E-state index < -0.39 is 0 Å². The zero-order chi connectivity index (χ0) is 11.0. The molecule has 0 saturated carbocycles. The van der Waals surface area contributed by atoms with E-state index in [9.17, 15) is 5.11 Å². The summed E-state index contributed by atoms with van der Waals surface area (Å²) in [5.41, 5.74) is 0.964. The Bertz CT molecular complexity index is 494. The normalized spacial score (nSPS) is 19.4. The van der Waals surface area contributed by atoms with Gasteiger partial charge in [0.1, 0.15) is 5.82 Å². The Balaban J connectivity index is 1.99. The molecule has 1 aliphatic rings. The maximum atomic E-state index is 9.54. The molecular weight excluding hydrogens is 204 g/mol. The number of pyridine rings is 1. The van der Waals surface area contributed by atoms with Gasteiger partial charge in [0.15, 0.2) is 5.82 Å². The lowest BCUT2D eigenvalue weighted by Crippen LogP contribution is -2.25. The molecule has 0 aliphatic carbocycles. The van der Waals surface area contributed by atoms with Gasteiger partial charge in [0.2, 0.25) is 0 Å². The molecule has 1 aliphatic heterocycles. The number of aromatic nitrogens is 4. The van der Waals surface area contributed by atoms with Gasteiger partial charge in [-0.2, -0.15) is 5.10 Å². The third-order valence-corrected chi connectivity index (χ3v) is 2.77. The smallest absolute Gasteiger partial charge is 0.181 e. The molecule has 82 valence electrons. The van der Waals surface area contributed by atoms with Crippen LogP contribution in [0.2, 0.25) is 0 Å². The molecule has 0 amide bonds. The zero-order valence-electron chi connectivity index (χ0n) is 8.74. The lowest BCUT2D eigenvalue weighted by atomic mass is 10.1. The van der Waals surface area contributed by atoms with Gasteiger partial charge in [-0.1, -0.05) is 0 Å². The molecule has 0 spiro atoms. The molecule has 5 nitrogen and oxygen atoms in total. The summed E-state index contributed by atoms with van der Waals surface area (Å²) in [5, 5.41) is 13.9. The number of rotatable bonds is 1. The van der Waals surface area contributed by atoms with Gasteiger partial charge in [-0.15, -0.1) is 0 Å². The first kappa shape index (κ1) is 9.47. The Morgan fingerprint density at radius 1 is 1.31 bits per heavy atom. The lowest BCUT2D eigenvalue weighted by Gasteiger charge is -2.16. The van der Waals surface area contributed by atoms with Gasteiger partial charge in [-0.3, -0.25) is 4.98 Å². The van der Waals surface area contributed by atoms with Crippen molar-refractivity contribution in [3.8, 4) is 11.4 Å². The standard InChI is InChI=1S/C11H12N4O/c16-9-1-2-10-13-11(14-15(10)7-9)8-3-5-12-6-4-8/h3-6,9,16H,1-2,7H2. The van der Waals surface area contributed by atoms with E-state index in [2.05, 4.69) is 15.1 Å². The van der Waals surface area contributed by atoms with Crippen LogP contribution in [0.25, 0.3) is 11.4 Å². The van der Waals surface area contributed by atoms with Crippen LogP contribution in [0.4, 0.5) is 0 Å². The predicted molar refractivity (Wildman–Crippen MR) is 57.6 cm³/mol. The average molecular weight is 216 g/mol. The Kier molecular flexibility index (Phi) is 2.18. The molecule has 0 bridgehead atoms. The Hall–Kier alpha value is -1.75. The maximum absolute atomic E-state index is 9.54. The van der Waals surface area contributed by atoms with E-state index in [4.69, 9.17) is 0 Å². The SMILES string of the molecule is OC1CCc2nc(-c3ccncc3)nn2C1. The first-order valence-corrected chi connectivity index (χ1v) is 5.35. The highest BCUT2D eigenvalue weighted by molar-refractivity contribution is 5.53. The number of aryl methyl sites for hydroxylation is 1. The fourth-order valence-corrected chi connectivity index (χ4v) is 1.92. The molecule has 0 aromatic carbocycles. The molecular formula is C11H12N4O. The van der Waals surface area contributed by atoms with Crippen molar-refractivity contribution in [2.45, 2.75) is 25.5 Å². The van der Waals surface area contributed by atoms with Crippen LogP contribution in [0.1, 0.15) is 12.2 Å². The summed E-state index contributed by atoms with van der Waals surface area (Å²) < 4.78 is 1.80. The van der Waals surface area contributed by atoms with Crippen LogP contribution in [0, 0.1) is 0 Å². The molecule has 16 heavy (non-hydrogen) atoms. The van der Waals surface area contributed by atoms with E-state index in [1.54, 1.807) is 17.1 Å². The van der Waals surface area contributed by atoms with Crippen LogP contribution in [0.3, 0.4) is 0 Å². The van der Waals surface area contributed by atoms with Crippen LogP contribution in [0.5, 0.6) is 0 Å². The second kappa shape index (κ2) is 3.68. The molecule has 3 rings (SSSR count). The third-order valence-electron chi connectivity index (χ3n) is 2.77. The van der Waals surface area contributed by atoms with Crippen molar-refractivity contribution in [3.05, 3.63) is 30.4 Å². The van der Waals surface area contributed by atoms with Crippen molar-refractivity contribution in [1.29, 1.82) is 0 Å². The van der Waals surface area contributed by atoms with Gasteiger partial charge < -0.3 is 5.11 Å². The van der Waals surface area contributed by atoms with Crippen molar-refractivity contribution in [2.75, 3.05) is 0 Å². The minimum atomic E-state index is -0.292. The number of hydrogen-bond acceptors (Lipinski definition) is 4. The van der Waals surface area contributed by atoms with Gasteiger partial charge >= 0.3 is 0 Å². The van der Waals surface area contributed by atoms with Crippen LogP contribution >= 0.6 is 0 Å². The summed E-state index contributed by atoms with van der Waals surface area (Å²) in [6, 6.07) is 3.77. The van der Waals surface area contributed by atoms with E-state index in [0.29, 0.717) is 12.4 Å². The van der Waals surface area contributed by atoms with Gasteiger partial charge in [0.05, 0.1) is 12.6 Å². The predicted octanol–water partition coefficient (Wildman–Crippen LogP) is 0.647. The highest BCUT2D eigenvalue weighted by atomic mass is 16.3. The zero-order valence-corrected chi connectivity index (χ0v) is 8.74. The summed E-state index contributed by atoms with van der Waals surface area (Å²) >= 11 is 0. The summed E-state index contributed by atoms with van der Waals surface area (Å²) in [4.78, 5) is 8.43. The van der Waals surface area contributed by atoms with Crippen LogP contribution in [-0.4, -0.2) is 31.0 Å². The van der Waals surface area contributed by atoms with Crippen molar-refractivity contribution in [1.82, 2.24) is 19.7 Å². The Labute approximate surface area is 92.8 Å². The highest BCUT2D eigenvalue weighted by Crippen LogP contribution is 2.18. The van der Waals surface area contributed by atoms with E-state index in [0.717, 1.165) is 24.2 Å². The van der Waals surface area contributed by atoms with Crippen LogP contribution < -0.4 is 0 Å². The van der Waals surface area contributed by atoms with Gasteiger partial charge in [0, 0.05) is 24.4 Å². The molecule has 1 unspecified atom stereocenters. The lowest BCUT2D eigenvalue weighted by molar-refractivity contribution is 0.124. The Morgan fingerprint density at radius 2 is 2.12 bits per heavy atom. The average Bonchev–Trinajstić information content (AvgIpc) is 2.73. The molecule has 2 aromatic rings. The summed E-state index contributed by atoms with van der Waals surface area (Å²) in [7, 11) is 0. The molecule has 1 atom stereocenters. The molecule has 0 saturated heterocycles. The largest absolute Gasteiger partial charge is 0.391 e. The maximum Gasteiger partial charge on any atom is 0.181 e. The van der Waals surface area contributed by atoms with E-state index in [1.807, 2.05) is 12.1 Å². The molecule has 0 radical (unpaired) electrons. The number of hydrogen-bond donors (Lipinski definition) is 1. The first-order valence-electron chi connectivity index (χ1n) is 5.35. The van der Waals surface area contributed by atoms with Crippen LogP contribution in [0.15, 0.2) is 24.5 Å². The minimum Gasteiger partial charge on any atom is -0.391 e. The summed E-state index contributed by atoms with van der Waals surface area (Å²) in [6.45, 7) is 0.549. The fourth-order valence-electron chi connectivity index (χ4n) is 1.92. The van der Waals surface area contributed by atoms with Crippen molar-refractivity contribution >= 4 is 0 Å². The molecule has 5 heteroatoms. The Morgan fingerprint density at radius 3 is 2.94 bits per heavy atom. The van der Waals surface area contributed by atoms with Crippen molar-refractivity contribution in [3.63, 3.8) is 0 Å². The van der Waals surface area contributed by atoms with E-state index >= 15 is 0 Å². The monoisotopic (exact) mass is 216 g/mol. The topological polar surface area (TPSA) is 63.8 Å². The second-order valence-corrected chi connectivity index (χ2v) is 3.96. The van der Waals surface area contributed by atoms with Gasteiger partial charge in [-0.25, -0.2) is 9.67 Å². The molecule has 1 N–H and O–H groups in total. The number of aliphatic hydroxyl groups is 1. The van der Waals surface area contributed by atoms with Crippen molar-refractivity contribution < 1.29 is 5.11 Å². The van der Waals surface area contributed by atoms with Crippen molar-refractivity contribution in [2.24, 2.45) is 0 Å². The number of aliphatic hydroxyl groups excluding tert-OH is 1. The van der Waals surface area contributed by atoms with Crippen LogP contribution in [-0.2, 0) is 13.0 Å². The fraction of sp³-hybridized carbons (Fsp3) is 0.364. The van der Waals surface area contributed by atoms with E-state index in [-0.39, 0.29) is 6.10 Å². The summed E-state index contributed by atoms with van der Waals surface area (Å²) in [6.07, 6.45) is 4.72. The highest BCUT2D eigenvalue weighted by Gasteiger charge is 2.19. The third kappa shape index (κ3) is 1.59. The quantitative estimate of drug-likeness (QED) is 0.760. The summed E-state index contributed by atoms with van der Waals surface area (Å²) in [5.74, 6) is 1.67. The van der Waals surface area contributed by atoms with Gasteiger partial charge in [0.25, 0.3) is 0 Å². The van der Waals surface area contributed by atoms with Gasteiger partial charge in [-0.05, 0) is 18.6 Å². The molecule has 2 aromatic heterocycles.